The highest BCUT2D eigenvalue weighted by atomic mass is 32.2. The second kappa shape index (κ2) is 9.07. The number of hydrogen-bond donors (Lipinski definition) is 0. The summed E-state index contributed by atoms with van der Waals surface area (Å²) in [5.74, 6) is -0.166. The standard InChI is InChI=1S/C27H26F3N3O5S/c28-27(29,30)39(36,37)38-20-8-9-21(18-4-2-1-3-5-18)22(14-20)23-31-26(11-12-26)25(35)33(23)16-17-10-13-32(15-17)24(34)19-6-7-19/h1-5,8-9,14,17,19H,6-7,10-13,15-16H2. The molecule has 2 saturated carbocycles. The fourth-order valence-electron chi connectivity index (χ4n) is 5.31. The van der Waals surface area contributed by atoms with Gasteiger partial charge in [-0.3, -0.25) is 19.5 Å². The highest BCUT2D eigenvalue weighted by Gasteiger charge is 2.58. The normalized spacial score (nSPS) is 22.4. The van der Waals surface area contributed by atoms with E-state index >= 15 is 0 Å². The van der Waals surface area contributed by atoms with Gasteiger partial charge in [-0.05, 0) is 67.3 Å². The van der Waals surface area contributed by atoms with Crippen LogP contribution in [0.4, 0.5) is 13.2 Å². The average Bonchev–Trinajstić information content (AvgIpc) is 3.82. The predicted octanol–water partition coefficient (Wildman–Crippen LogP) is 3.96. The van der Waals surface area contributed by atoms with Crippen molar-refractivity contribution in [3.63, 3.8) is 0 Å². The van der Waals surface area contributed by atoms with Crippen LogP contribution in [0.2, 0.25) is 0 Å². The largest absolute Gasteiger partial charge is 0.534 e. The zero-order chi connectivity index (χ0) is 27.6. The number of hydrogen-bond acceptors (Lipinski definition) is 6. The summed E-state index contributed by atoms with van der Waals surface area (Å²) in [6, 6.07) is 12.8. The molecule has 0 N–H and O–H groups in total. The van der Waals surface area contributed by atoms with Crippen LogP contribution in [0.1, 0.15) is 37.7 Å². The monoisotopic (exact) mass is 561 g/mol. The van der Waals surface area contributed by atoms with E-state index < -0.39 is 26.9 Å². The van der Waals surface area contributed by atoms with E-state index in [9.17, 15) is 31.2 Å². The van der Waals surface area contributed by atoms with E-state index in [2.05, 4.69) is 4.18 Å². The lowest BCUT2D eigenvalue weighted by Crippen LogP contribution is -2.41. The van der Waals surface area contributed by atoms with Gasteiger partial charge in [-0.1, -0.05) is 30.3 Å². The number of aliphatic imine (C=N–C) groups is 1. The molecule has 1 atom stereocenters. The van der Waals surface area contributed by atoms with Crippen LogP contribution in [0.15, 0.2) is 53.5 Å². The van der Waals surface area contributed by atoms with Gasteiger partial charge in [0.05, 0.1) is 0 Å². The summed E-state index contributed by atoms with van der Waals surface area (Å²) >= 11 is 0. The summed E-state index contributed by atoms with van der Waals surface area (Å²) in [6.07, 6.45) is 3.66. The molecule has 1 spiro atoms. The smallest absolute Gasteiger partial charge is 0.376 e. The van der Waals surface area contributed by atoms with E-state index in [0.717, 1.165) is 25.3 Å². The Morgan fingerprint density at radius 1 is 1.05 bits per heavy atom. The number of carbonyl (C=O) groups is 2. The van der Waals surface area contributed by atoms with Crippen molar-refractivity contribution < 1.29 is 35.4 Å². The molecule has 2 aromatic carbocycles. The van der Waals surface area contributed by atoms with Gasteiger partial charge in [0, 0.05) is 31.1 Å². The molecule has 0 bridgehead atoms. The number of benzene rings is 2. The first-order valence-electron chi connectivity index (χ1n) is 12.9. The van der Waals surface area contributed by atoms with Crippen LogP contribution in [0.3, 0.4) is 0 Å². The predicted molar refractivity (Wildman–Crippen MR) is 135 cm³/mol. The molecule has 8 nitrogen and oxygen atoms in total. The third-order valence-electron chi connectivity index (χ3n) is 7.71. The van der Waals surface area contributed by atoms with Gasteiger partial charge < -0.3 is 9.08 Å². The minimum atomic E-state index is -5.90. The molecule has 2 aliphatic heterocycles. The third-order valence-corrected chi connectivity index (χ3v) is 8.69. The number of rotatable bonds is 7. The number of nitrogens with zero attached hydrogens (tertiary/aromatic N) is 3. The molecule has 1 unspecified atom stereocenters. The van der Waals surface area contributed by atoms with Crippen LogP contribution >= 0.6 is 0 Å². The number of halogens is 3. The molecule has 39 heavy (non-hydrogen) atoms. The Labute approximate surface area is 223 Å². The highest BCUT2D eigenvalue weighted by Crippen LogP contribution is 2.47. The SMILES string of the molecule is O=C(C1CC1)N1CCC(CN2C(=O)C3(CC3)N=C2c2cc(OS(=O)(=O)C(F)(F)F)ccc2-c2ccccc2)C1. The molecule has 6 rings (SSSR count). The van der Waals surface area contributed by atoms with E-state index in [4.69, 9.17) is 4.99 Å². The second-order valence-corrected chi connectivity index (χ2v) is 12.2. The Balaban J connectivity index is 1.36. The quantitative estimate of drug-likeness (QED) is 0.377. The summed E-state index contributed by atoms with van der Waals surface area (Å²) in [5, 5.41) is 0. The molecule has 1 saturated heterocycles. The van der Waals surface area contributed by atoms with Crippen LogP contribution in [0.25, 0.3) is 11.1 Å². The number of amidine groups is 1. The molecule has 2 aliphatic carbocycles. The molecule has 0 aromatic heterocycles. The molecule has 3 fully saturated rings. The molecule has 2 amide bonds. The Bertz CT molecular complexity index is 1470. The van der Waals surface area contributed by atoms with Gasteiger partial charge in [-0.25, -0.2) is 0 Å². The maximum atomic E-state index is 13.5. The van der Waals surface area contributed by atoms with Gasteiger partial charge in [-0.15, -0.1) is 0 Å². The maximum Gasteiger partial charge on any atom is 0.534 e. The van der Waals surface area contributed by atoms with Gasteiger partial charge in [0.15, 0.2) is 0 Å². The first-order chi connectivity index (χ1) is 18.5. The number of amides is 2. The molecule has 0 radical (unpaired) electrons. The number of likely N-dealkylation sites (tertiary alicyclic amines) is 1. The van der Waals surface area contributed by atoms with Crippen LogP contribution in [0.5, 0.6) is 5.75 Å². The highest BCUT2D eigenvalue weighted by molar-refractivity contribution is 7.88. The molecule has 12 heteroatoms. The van der Waals surface area contributed by atoms with Gasteiger partial charge in [0.1, 0.15) is 17.1 Å². The van der Waals surface area contributed by atoms with Crippen LogP contribution < -0.4 is 4.18 Å². The summed E-state index contributed by atoms with van der Waals surface area (Å²) in [5.41, 5.74) is -4.91. The number of carbonyl (C=O) groups excluding carboxylic acids is 2. The average molecular weight is 562 g/mol. The minimum absolute atomic E-state index is 0.0148. The van der Waals surface area contributed by atoms with Crippen LogP contribution in [-0.2, 0) is 19.7 Å². The maximum absolute atomic E-state index is 13.5. The fourth-order valence-corrected chi connectivity index (χ4v) is 5.76. The molecule has 2 aromatic rings. The van der Waals surface area contributed by atoms with Crippen molar-refractivity contribution in [2.24, 2.45) is 16.8 Å². The Hall–Kier alpha value is -3.41. The fraction of sp³-hybridized carbons (Fsp3) is 0.444. The van der Waals surface area contributed by atoms with E-state index in [0.29, 0.717) is 49.2 Å². The zero-order valence-electron chi connectivity index (χ0n) is 20.9. The lowest BCUT2D eigenvalue weighted by molar-refractivity contribution is -0.131. The third kappa shape index (κ3) is 4.79. The van der Waals surface area contributed by atoms with Crippen LogP contribution in [0, 0.1) is 11.8 Å². The molecule has 206 valence electrons. The van der Waals surface area contributed by atoms with Gasteiger partial charge in [-0.2, -0.15) is 21.6 Å². The summed E-state index contributed by atoms with van der Waals surface area (Å²) in [6.45, 7) is 1.44. The Morgan fingerprint density at radius 3 is 2.41 bits per heavy atom. The summed E-state index contributed by atoms with van der Waals surface area (Å²) in [7, 11) is -5.90. The Morgan fingerprint density at radius 2 is 1.77 bits per heavy atom. The molecular weight excluding hydrogens is 535 g/mol. The topological polar surface area (TPSA) is 96.3 Å². The second-order valence-electron chi connectivity index (χ2n) is 10.7. The summed E-state index contributed by atoms with van der Waals surface area (Å²) < 4.78 is 67.0. The lowest BCUT2D eigenvalue weighted by atomic mass is 9.97. The van der Waals surface area contributed by atoms with E-state index in [1.165, 1.54) is 12.1 Å². The van der Waals surface area contributed by atoms with Crippen molar-refractivity contribution in [3.05, 3.63) is 54.1 Å². The van der Waals surface area contributed by atoms with Gasteiger partial charge >= 0.3 is 15.6 Å². The van der Waals surface area contributed by atoms with Crippen molar-refractivity contribution >= 4 is 27.8 Å². The zero-order valence-corrected chi connectivity index (χ0v) is 21.7. The first-order valence-corrected chi connectivity index (χ1v) is 14.3. The van der Waals surface area contributed by atoms with Crippen LogP contribution in [-0.4, -0.2) is 66.5 Å². The van der Waals surface area contributed by atoms with Crippen molar-refractivity contribution in [2.75, 3.05) is 19.6 Å². The van der Waals surface area contributed by atoms with Gasteiger partial charge in [0.2, 0.25) is 5.91 Å². The molecular formula is C27H26F3N3O5S. The van der Waals surface area contributed by atoms with Crippen molar-refractivity contribution in [1.29, 1.82) is 0 Å². The minimum Gasteiger partial charge on any atom is -0.376 e. The van der Waals surface area contributed by atoms with E-state index in [-0.39, 0.29) is 29.5 Å². The first kappa shape index (κ1) is 25.8. The van der Waals surface area contributed by atoms with Gasteiger partial charge in [0.25, 0.3) is 5.91 Å². The Kier molecular flexibility index (Phi) is 6.01. The molecule has 4 aliphatic rings. The van der Waals surface area contributed by atoms with E-state index in [1.807, 2.05) is 11.0 Å². The summed E-state index contributed by atoms with van der Waals surface area (Å²) in [4.78, 5) is 34.3. The van der Waals surface area contributed by atoms with Crippen molar-refractivity contribution in [1.82, 2.24) is 9.80 Å². The van der Waals surface area contributed by atoms with Crippen molar-refractivity contribution in [3.8, 4) is 16.9 Å². The van der Waals surface area contributed by atoms with E-state index in [1.54, 1.807) is 29.2 Å². The lowest BCUT2D eigenvalue weighted by Gasteiger charge is -2.25. The molecule has 2 heterocycles. The van der Waals surface area contributed by atoms with Crippen molar-refractivity contribution in [2.45, 2.75) is 43.2 Å². The number of alkyl halides is 3.